The maximum atomic E-state index is 13.3. The Morgan fingerprint density at radius 2 is 2.21 bits per heavy atom. The zero-order valence-corrected chi connectivity index (χ0v) is 15.6. The van der Waals surface area contributed by atoms with E-state index in [4.69, 9.17) is 0 Å². The predicted molar refractivity (Wildman–Crippen MR) is 99.2 cm³/mol. The van der Waals surface area contributed by atoms with E-state index >= 15 is 0 Å². The number of thiazole rings is 1. The van der Waals surface area contributed by atoms with Crippen LogP contribution in [-0.4, -0.2) is 36.5 Å². The van der Waals surface area contributed by atoms with E-state index in [2.05, 4.69) is 29.1 Å². The maximum Gasteiger partial charge on any atom is 0.193 e. The lowest BCUT2D eigenvalue weighted by atomic mass is 10.2. The Hall–Kier alpha value is -1.95. The van der Waals surface area contributed by atoms with Gasteiger partial charge >= 0.3 is 0 Å². The average molecular weight is 348 g/mol. The average Bonchev–Trinajstić information content (AvgIpc) is 2.91. The standard InChI is InChI=1S/C18H25FN4S/c1-5-16-13(2)24-17(22-16)9-10-21-18(20-3)23(4)12-14-7-6-8-15(19)11-14/h6-8,11H,5,9-10,12H2,1-4H3,(H,20,21). The number of nitrogens with zero attached hydrogens (tertiary/aromatic N) is 3. The van der Waals surface area contributed by atoms with E-state index in [0.717, 1.165) is 35.9 Å². The van der Waals surface area contributed by atoms with Crippen molar-refractivity contribution in [1.82, 2.24) is 15.2 Å². The Labute approximate surface area is 147 Å². The first kappa shape index (κ1) is 18.4. The smallest absolute Gasteiger partial charge is 0.193 e. The zero-order valence-electron chi connectivity index (χ0n) is 14.8. The van der Waals surface area contributed by atoms with Gasteiger partial charge < -0.3 is 10.2 Å². The maximum absolute atomic E-state index is 13.3. The third-order valence-corrected chi connectivity index (χ3v) is 4.85. The lowest BCUT2D eigenvalue weighted by molar-refractivity contribution is 0.475. The van der Waals surface area contributed by atoms with Crippen molar-refractivity contribution < 1.29 is 4.39 Å². The van der Waals surface area contributed by atoms with Crippen LogP contribution in [0.15, 0.2) is 29.3 Å². The number of hydrogen-bond donors (Lipinski definition) is 1. The fraction of sp³-hybridized carbons (Fsp3) is 0.444. The van der Waals surface area contributed by atoms with E-state index in [0.29, 0.717) is 6.54 Å². The van der Waals surface area contributed by atoms with Crippen molar-refractivity contribution in [2.24, 2.45) is 4.99 Å². The summed E-state index contributed by atoms with van der Waals surface area (Å²) in [7, 11) is 3.70. The number of hydrogen-bond acceptors (Lipinski definition) is 3. The second-order valence-electron chi connectivity index (χ2n) is 5.67. The van der Waals surface area contributed by atoms with Crippen LogP contribution in [0.5, 0.6) is 0 Å². The molecule has 24 heavy (non-hydrogen) atoms. The van der Waals surface area contributed by atoms with Crippen LogP contribution in [-0.2, 0) is 19.4 Å². The Balaban J connectivity index is 1.87. The first-order valence-electron chi connectivity index (χ1n) is 8.15. The molecule has 1 N–H and O–H groups in total. The lowest BCUT2D eigenvalue weighted by Gasteiger charge is -2.22. The second-order valence-corrected chi connectivity index (χ2v) is 6.96. The van der Waals surface area contributed by atoms with Crippen molar-refractivity contribution in [2.45, 2.75) is 33.2 Å². The molecule has 1 aromatic carbocycles. The van der Waals surface area contributed by atoms with Crippen molar-refractivity contribution in [2.75, 3.05) is 20.6 Å². The number of rotatable bonds is 6. The summed E-state index contributed by atoms with van der Waals surface area (Å²) in [6.45, 7) is 5.64. The first-order chi connectivity index (χ1) is 11.5. The number of aliphatic imine (C=N–C) groups is 1. The minimum atomic E-state index is -0.213. The highest BCUT2D eigenvalue weighted by Gasteiger charge is 2.09. The van der Waals surface area contributed by atoms with E-state index in [1.165, 1.54) is 16.6 Å². The lowest BCUT2D eigenvalue weighted by Crippen LogP contribution is -2.39. The van der Waals surface area contributed by atoms with Gasteiger partial charge in [-0.15, -0.1) is 11.3 Å². The minimum absolute atomic E-state index is 0.213. The van der Waals surface area contributed by atoms with Gasteiger partial charge in [0.1, 0.15) is 5.82 Å². The van der Waals surface area contributed by atoms with Crippen molar-refractivity contribution in [3.05, 3.63) is 51.2 Å². The summed E-state index contributed by atoms with van der Waals surface area (Å²) in [5, 5.41) is 4.50. The summed E-state index contributed by atoms with van der Waals surface area (Å²) in [6.07, 6.45) is 1.85. The highest BCUT2D eigenvalue weighted by Crippen LogP contribution is 2.18. The van der Waals surface area contributed by atoms with Crippen molar-refractivity contribution in [3.8, 4) is 0 Å². The molecule has 6 heteroatoms. The van der Waals surface area contributed by atoms with E-state index in [1.54, 1.807) is 30.5 Å². The van der Waals surface area contributed by atoms with Crippen LogP contribution in [0.3, 0.4) is 0 Å². The zero-order chi connectivity index (χ0) is 17.5. The largest absolute Gasteiger partial charge is 0.356 e. The van der Waals surface area contributed by atoms with Crippen LogP contribution < -0.4 is 5.32 Å². The molecule has 0 saturated carbocycles. The highest BCUT2D eigenvalue weighted by molar-refractivity contribution is 7.11. The van der Waals surface area contributed by atoms with Gasteiger partial charge in [-0.25, -0.2) is 9.37 Å². The van der Waals surface area contributed by atoms with Crippen LogP contribution in [0.2, 0.25) is 0 Å². The van der Waals surface area contributed by atoms with Crippen LogP contribution in [0.1, 0.15) is 28.1 Å². The predicted octanol–water partition coefficient (Wildman–Crippen LogP) is 3.40. The number of nitrogens with one attached hydrogen (secondary N) is 1. The number of guanidine groups is 1. The van der Waals surface area contributed by atoms with Crippen LogP contribution >= 0.6 is 11.3 Å². The quantitative estimate of drug-likeness (QED) is 0.642. The summed E-state index contributed by atoms with van der Waals surface area (Å²) in [6, 6.07) is 6.65. The van der Waals surface area contributed by atoms with E-state index in [-0.39, 0.29) is 5.82 Å². The molecule has 0 aliphatic carbocycles. The van der Waals surface area contributed by atoms with Gasteiger partial charge in [-0.1, -0.05) is 19.1 Å². The SMILES string of the molecule is CCc1nc(CCNC(=NC)N(C)Cc2cccc(F)c2)sc1C. The molecule has 2 rings (SSSR count). The number of benzene rings is 1. The molecule has 0 fully saturated rings. The van der Waals surface area contributed by atoms with Gasteiger partial charge in [-0.3, -0.25) is 4.99 Å². The summed E-state index contributed by atoms with van der Waals surface area (Å²) in [4.78, 5) is 12.2. The van der Waals surface area contributed by atoms with Gasteiger partial charge in [-0.05, 0) is 31.0 Å². The topological polar surface area (TPSA) is 40.5 Å². The number of aryl methyl sites for hydroxylation is 2. The molecule has 0 amide bonds. The van der Waals surface area contributed by atoms with E-state index in [1.807, 2.05) is 18.0 Å². The van der Waals surface area contributed by atoms with Gasteiger partial charge in [0.05, 0.1) is 10.7 Å². The highest BCUT2D eigenvalue weighted by atomic mass is 32.1. The molecule has 0 unspecified atom stereocenters. The molecule has 0 saturated heterocycles. The molecule has 0 spiro atoms. The Morgan fingerprint density at radius 3 is 2.83 bits per heavy atom. The van der Waals surface area contributed by atoms with Gasteiger partial charge in [0.25, 0.3) is 0 Å². The minimum Gasteiger partial charge on any atom is -0.356 e. The Kier molecular flexibility index (Phi) is 6.73. The molecule has 1 heterocycles. The van der Waals surface area contributed by atoms with Crippen molar-refractivity contribution >= 4 is 17.3 Å². The van der Waals surface area contributed by atoms with Crippen LogP contribution in [0, 0.1) is 12.7 Å². The molecule has 0 aliphatic heterocycles. The summed E-state index contributed by atoms with van der Waals surface area (Å²) < 4.78 is 13.3. The van der Waals surface area contributed by atoms with Gasteiger partial charge in [0.15, 0.2) is 5.96 Å². The van der Waals surface area contributed by atoms with Gasteiger partial charge in [0.2, 0.25) is 0 Å². The number of aromatic nitrogens is 1. The van der Waals surface area contributed by atoms with Gasteiger partial charge in [-0.2, -0.15) is 0 Å². The number of halogens is 1. The summed E-state index contributed by atoms with van der Waals surface area (Å²) >= 11 is 1.76. The van der Waals surface area contributed by atoms with Crippen molar-refractivity contribution in [3.63, 3.8) is 0 Å². The molecular weight excluding hydrogens is 323 g/mol. The molecule has 1 aromatic heterocycles. The summed E-state index contributed by atoms with van der Waals surface area (Å²) in [5.41, 5.74) is 2.12. The monoisotopic (exact) mass is 348 g/mol. The molecule has 0 aliphatic rings. The molecular formula is C18H25FN4S. The third kappa shape index (κ3) is 5.03. The van der Waals surface area contributed by atoms with Gasteiger partial charge in [0, 0.05) is 38.5 Å². The Bertz CT molecular complexity index is 696. The fourth-order valence-corrected chi connectivity index (χ4v) is 3.59. The third-order valence-electron chi connectivity index (χ3n) is 3.78. The van der Waals surface area contributed by atoms with Crippen LogP contribution in [0.4, 0.5) is 4.39 Å². The Morgan fingerprint density at radius 1 is 1.42 bits per heavy atom. The van der Waals surface area contributed by atoms with Crippen LogP contribution in [0.25, 0.3) is 0 Å². The summed E-state index contributed by atoms with van der Waals surface area (Å²) in [5.74, 6) is 0.581. The molecule has 0 bridgehead atoms. The first-order valence-corrected chi connectivity index (χ1v) is 8.96. The molecule has 0 radical (unpaired) electrons. The van der Waals surface area contributed by atoms with E-state index in [9.17, 15) is 4.39 Å². The molecule has 130 valence electrons. The fourth-order valence-electron chi connectivity index (χ4n) is 2.57. The normalized spacial score (nSPS) is 11.6. The van der Waals surface area contributed by atoms with Crippen molar-refractivity contribution in [1.29, 1.82) is 0 Å². The molecule has 2 aromatic rings. The molecule has 0 atom stereocenters. The van der Waals surface area contributed by atoms with E-state index < -0.39 is 0 Å². The second kappa shape index (κ2) is 8.78. The molecule has 4 nitrogen and oxygen atoms in total.